The van der Waals surface area contributed by atoms with Crippen LogP contribution in [0.15, 0.2) is 47.2 Å². The number of anilines is 1. The van der Waals surface area contributed by atoms with Crippen LogP contribution in [-0.4, -0.2) is 50.1 Å². The molecule has 2 aromatic rings. The number of thiophene rings is 1. The number of aryl methyl sites for hydroxylation is 1. The van der Waals surface area contributed by atoms with Gasteiger partial charge >= 0.3 is 0 Å². The monoisotopic (exact) mass is 343 g/mol. The normalized spacial score (nSPS) is 15.4. The van der Waals surface area contributed by atoms with E-state index in [4.69, 9.17) is 0 Å². The second-order valence-electron chi connectivity index (χ2n) is 6.15. The summed E-state index contributed by atoms with van der Waals surface area (Å²) in [6, 6.07) is 12.7. The smallest absolute Gasteiger partial charge is 0.220 e. The molecule has 24 heavy (non-hydrogen) atoms. The van der Waals surface area contributed by atoms with E-state index >= 15 is 0 Å². The lowest BCUT2D eigenvalue weighted by molar-refractivity contribution is -0.121. The molecule has 0 saturated carbocycles. The summed E-state index contributed by atoms with van der Waals surface area (Å²) in [5, 5.41) is 7.21. The Bertz CT molecular complexity index is 607. The van der Waals surface area contributed by atoms with E-state index in [9.17, 15) is 4.79 Å². The van der Waals surface area contributed by atoms with E-state index in [1.165, 1.54) is 11.3 Å². The van der Waals surface area contributed by atoms with Crippen LogP contribution < -0.4 is 10.2 Å². The summed E-state index contributed by atoms with van der Waals surface area (Å²) in [4.78, 5) is 16.7. The Balaban J connectivity index is 1.30. The number of hydrogen-bond acceptors (Lipinski definition) is 4. The van der Waals surface area contributed by atoms with Crippen LogP contribution in [-0.2, 0) is 11.2 Å². The van der Waals surface area contributed by atoms with Gasteiger partial charge in [0.1, 0.15) is 0 Å². The number of rotatable bonds is 7. The standard InChI is InChI=1S/C19H25N3OS/c23-19(7-6-17-8-15-24-16-17)20-9-10-21-11-13-22(14-12-21)18-4-2-1-3-5-18/h1-5,8,15-16H,6-7,9-14H2,(H,20,23). The van der Waals surface area contributed by atoms with E-state index in [-0.39, 0.29) is 5.91 Å². The number of hydrogen-bond donors (Lipinski definition) is 1. The molecule has 0 bridgehead atoms. The molecule has 1 aromatic carbocycles. The fourth-order valence-corrected chi connectivity index (χ4v) is 3.71. The third-order valence-corrected chi connectivity index (χ3v) is 5.20. The Morgan fingerprint density at radius 1 is 1.08 bits per heavy atom. The molecule has 128 valence electrons. The van der Waals surface area contributed by atoms with Gasteiger partial charge in [-0.15, -0.1) is 0 Å². The number of nitrogens with zero attached hydrogens (tertiary/aromatic N) is 2. The second-order valence-corrected chi connectivity index (χ2v) is 6.93. The van der Waals surface area contributed by atoms with Crippen molar-refractivity contribution in [1.82, 2.24) is 10.2 Å². The summed E-state index contributed by atoms with van der Waals surface area (Å²) in [6.07, 6.45) is 1.42. The molecule has 1 saturated heterocycles. The third kappa shape index (κ3) is 5.08. The van der Waals surface area contributed by atoms with Crippen molar-refractivity contribution in [2.45, 2.75) is 12.8 Å². The quantitative estimate of drug-likeness (QED) is 0.839. The minimum absolute atomic E-state index is 0.157. The molecule has 0 spiro atoms. The van der Waals surface area contributed by atoms with Crippen molar-refractivity contribution in [3.8, 4) is 0 Å². The van der Waals surface area contributed by atoms with Crippen LogP contribution in [0.1, 0.15) is 12.0 Å². The summed E-state index contributed by atoms with van der Waals surface area (Å²) >= 11 is 1.68. The van der Waals surface area contributed by atoms with Crippen LogP contribution >= 0.6 is 11.3 Å². The van der Waals surface area contributed by atoms with Crippen molar-refractivity contribution in [2.24, 2.45) is 0 Å². The van der Waals surface area contributed by atoms with E-state index in [1.54, 1.807) is 11.3 Å². The van der Waals surface area contributed by atoms with Gasteiger partial charge in [-0.1, -0.05) is 18.2 Å². The maximum atomic E-state index is 11.9. The molecule has 3 rings (SSSR count). The van der Waals surface area contributed by atoms with E-state index in [2.05, 4.69) is 62.3 Å². The fourth-order valence-electron chi connectivity index (χ4n) is 3.00. The van der Waals surface area contributed by atoms with Gasteiger partial charge in [-0.05, 0) is 40.9 Å². The van der Waals surface area contributed by atoms with E-state index < -0.39 is 0 Å². The number of carbonyl (C=O) groups is 1. The topological polar surface area (TPSA) is 35.6 Å². The van der Waals surface area contributed by atoms with Gasteiger partial charge in [-0.2, -0.15) is 11.3 Å². The molecule has 1 aliphatic heterocycles. The third-order valence-electron chi connectivity index (χ3n) is 4.46. The zero-order valence-electron chi connectivity index (χ0n) is 14.0. The summed E-state index contributed by atoms with van der Waals surface area (Å²) in [7, 11) is 0. The van der Waals surface area contributed by atoms with Crippen LogP contribution in [0.2, 0.25) is 0 Å². The lowest BCUT2D eigenvalue weighted by Crippen LogP contribution is -2.48. The highest BCUT2D eigenvalue weighted by Crippen LogP contribution is 2.15. The first-order chi connectivity index (χ1) is 11.8. The molecule has 0 atom stereocenters. The van der Waals surface area contributed by atoms with E-state index in [0.717, 1.165) is 45.7 Å². The molecule has 1 amide bonds. The number of para-hydroxylation sites is 1. The summed E-state index contributed by atoms with van der Waals surface area (Å²) in [5.41, 5.74) is 2.56. The Hall–Kier alpha value is -1.85. The number of amides is 1. The Labute approximate surface area is 148 Å². The van der Waals surface area contributed by atoms with Gasteiger partial charge < -0.3 is 10.2 Å². The van der Waals surface area contributed by atoms with Crippen LogP contribution in [0.5, 0.6) is 0 Å². The second kappa shape index (κ2) is 8.85. The first-order valence-corrected chi connectivity index (χ1v) is 9.56. The van der Waals surface area contributed by atoms with E-state index in [0.29, 0.717) is 6.42 Å². The SMILES string of the molecule is O=C(CCc1ccsc1)NCCN1CCN(c2ccccc2)CC1. The maximum Gasteiger partial charge on any atom is 0.220 e. The molecular formula is C19H25N3OS. The van der Waals surface area contributed by atoms with E-state index in [1.807, 2.05) is 0 Å². The molecule has 1 aliphatic rings. The average Bonchev–Trinajstić information content (AvgIpc) is 3.15. The van der Waals surface area contributed by atoms with Gasteiger partial charge in [-0.25, -0.2) is 0 Å². The van der Waals surface area contributed by atoms with Crippen molar-refractivity contribution < 1.29 is 4.79 Å². The first kappa shape index (κ1) is 17.0. The minimum Gasteiger partial charge on any atom is -0.369 e. The lowest BCUT2D eigenvalue weighted by Gasteiger charge is -2.36. The number of piperazine rings is 1. The average molecular weight is 343 g/mol. The zero-order chi connectivity index (χ0) is 16.6. The van der Waals surface area contributed by atoms with Crippen molar-refractivity contribution >= 4 is 22.9 Å². The van der Waals surface area contributed by atoms with Crippen molar-refractivity contribution in [1.29, 1.82) is 0 Å². The van der Waals surface area contributed by atoms with Crippen LogP contribution in [0.25, 0.3) is 0 Å². The van der Waals surface area contributed by atoms with Gasteiger partial charge in [0.25, 0.3) is 0 Å². The van der Waals surface area contributed by atoms with Crippen molar-refractivity contribution in [3.63, 3.8) is 0 Å². The molecule has 0 unspecified atom stereocenters. The molecule has 1 N–H and O–H groups in total. The highest BCUT2D eigenvalue weighted by atomic mass is 32.1. The summed E-state index contributed by atoms with van der Waals surface area (Å²) in [6.45, 7) is 5.90. The van der Waals surface area contributed by atoms with Gasteiger partial charge in [-0.3, -0.25) is 9.69 Å². The Morgan fingerprint density at radius 3 is 2.58 bits per heavy atom. The highest BCUT2D eigenvalue weighted by Gasteiger charge is 2.16. The maximum absolute atomic E-state index is 11.9. The minimum atomic E-state index is 0.157. The fraction of sp³-hybridized carbons (Fsp3) is 0.421. The highest BCUT2D eigenvalue weighted by molar-refractivity contribution is 7.07. The van der Waals surface area contributed by atoms with Gasteiger partial charge in [0.05, 0.1) is 0 Å². The molecule has 5 heteroatoms. The molecule has 0 radical (unpaired) electrons. The molecular weight excluding hydrogens is 318 g/mol. The van der Waals surface area contributed by atoms with Crippen LogP contribution in [0, 0.1) is 0 Å². The molecule has 4 nitrogen and oxygen atoms in total. The van der Waals surface area contributed by atoms with Gasteiger partial charge in [0.2, 0.25) is 5.91 Å². The lowest BCUT2D eigenvalue weighted by atomic mass is 10.2. The zero-order valence-corrected chi connectivity index (χ0v) is 14.8. The first-order valence-electron chi connectivity index (χ1n) is 8.61. The van der Waals surface area contributed by atoms with Crippen LogP contribution in [0.3, 0.4) is 0 Å². The predicted octanol–water partition coefficient (Wildman–Crippen LogP) is 2.62. The molecule has 0 aliphatic carbocycles. The molecule has 2 heterocycles. The Morgan fingerprint density at radius 2 is 1.88 bits per heavy atom. The summed E-state index contributed by atoms with van der Waals surface area (Å²) in [5.74, 6) is 0.157. The van der Waals surface area contributed by atoms with Crippen molar-refractivity contribution in [3.05, 3.63) is 52.7 Å². The predicted molar refractivity (Wildman–Crippen MR) is 101 cm³/mol. The molecule has 1 aromatic heterocycles. The number of nitrogens with one attached hydrogen (secondary N) is 1. The van der Waals surface area contributed by atoms with Crippen LogP contribution in [0.4, 0.5) is 5.69 Å². The Kier molecular flexibility index (Phi) is 6.26. The largest absolute Gasteiger partial charge is 0.369 e. The van der Waals surface area contributed by atoms with Gasteiger partial charge in [0, 0.05) is 51.4 Å². The van der Waals surface area contributed by atoms with Crippen molar-refractivity contribution in [2.75, 3.05) is 44.2 Å². The summed E-state index contributed by atoms with van der Waals surface area (Å²) < 4.78 is 0. The number of benzene rings is 1. The molecule has 1 fully saturated rings. The number of carbonyl (C=O) groups excluding carboxylic acids is 1. The van der Waals surface area contributed by atoms with Gasteiger partial charge in [0.15, 0.2) is 0 Å².